The lowest BCUT2D eigenvalue weighted by Crippen LogP contribution is -2.79. The van der Waals surface area contributed by atoms with Crippen molar-refractivity contribution in [1.29, 1.82) is 0 Å². The van der Waals surface area contributed by atoms with E-state index in [0.29, 0.717) is 0 Å². The smallest absolute Gasteiger partial charge is 0.410 e. The molecule has 0 atom stereocenters. The summed E-state index contributed by atoms with van der Waals surface area (Å²) in [7, 11) is 0. The highest BCUT2D eigenvalue weighted by atomic mass is 19.4. The number of carboxylic acid groups (broad SMARTS) is 2. The summed E-state index contributed by atoms with van der Waals surface area (Å²) in [5.74, 6) is -140. The number of rotatable bonds is 15. The van der Waals surface area contributed by atoms with Gasteiger partial charge in [-0.3, -0.25) is 0 Å². The maximum atomic E-state index is 13.7. The molecule has 0 saturated heterocycles. The molecule has 0 rings (SSSR count). The summed E-state index contributed by atoms with van der Waals surface area (Å²) in [6.07, 6.45) is 0. The lowest BCUT2D eigenvalue weighted by molar-refractivity contribution is -0.483. The molecule has 2 N–H and O–H groups in total. The van der Waals surface area contributed by atoms with Crippen molar-refractivity contribution in [3.05, 3.63) is 0 Å². The van der Waals surface area contributed by atoms with Crippen LogP contribution in [0.5, 0.6) is 0 Å². The summed E-state index contributed by atoms with van der Waals surface area (Å²) in [5, 5.41) is 15.3. The van der Waals surface area contributed by atoms with Gasteiger partial charge in [0.05, 0.1) is 0 Å². The minimum atomic E-state index is -10.0. The summed E-state index contributed by atoms with van der Waals surface area (Å²) in [5.41, 5.74) is 0. The van der Waals surface area contributed by atoms with Gasteiger partial charge in [0.1, 0.15) is 0 Å². The first-order valence-corrected chi connectivity index (χ1v) is 9.90. The van der Waals surface area contributed by atoms with Gasteiger partial charge in [0.15, 0.2) is 0 Å². The fourth-order valence-electron chi connectivity index (χ4n) is 2.63. The number of alkyl halides is 28. The highest BCUT2D eigenvalue weighted by Gasteiger charge is 3.01. The fourth-order valence-corrected chi connectivity index (χ4v) is 2.63. The number of carboxylic acids is 2. The van der Waals surface area contributed by atoms with Gasteiger partial charge in [-0.2, -0.15) is 123 Å². The Kier molecular flexibility index (Phi) is 10.1. The molecule has 0 heterocycles. The Hall–Kier alpha value is -3.02. The lowest BCUT2D eigenvalue weighted by atomic mass is 9.83. The van der Waals surface area contributed by atoms with Crippen molar-refractivity contribution < 1.29 is 143 Å². The van der Waals surface area contributed by atoms with Gasteiger partial charge in [0.25, 0.3) is 0 Å². The van der Waals surface area contributed by atoms with E-state index in [4.69, 9.17) is 10.2 Å². The first kappa shape index (κ1) is 45.0. The Morgan fingerprint density at radius 3 is 0.396 bits per heavy atom. The first-order valence-electron chi connectivity index (χ1n) is 9.90. The van der Waals surface area contributed by atoms with E-state index < -0.39 is 94.9 Å². The predicted molar refractivity (Wildman–Crippen MR) is 84.5 cm³/mol. The molecule has 0 bridgehead atoms. The average molecular weight is 790 g/mol. The van der Waals surface area contributed by atoms with Gasteiger partial charge < -0.3 is 10.2 Å². The van der Waals surface area contributed by atoms with Crippen molar-refractivity contribution in [2.45, 2.75) is 82.9 Å². The van der Waals surface area contributed by atoms with Crippen LogP contribution in [0.2, 0.25) is 0 Å². The van der Waals surface area contributed by atoms with Crippen molar-refractivity contribution in [3.8, 4) is 0 Å². The summed E-state index contributed by atoms with van der Waals surface area (Å²) in [4.78, 5) is 19.9. The van der Waals surface area contributed by atoms with Crippen LogP contribution >= 0.6 is 0 Å². The Labute approximate surface area is 239 Å². The van der Waals surface area contributed by atoms with Crippen LogP contribution in [0.15, 0.2) is 0 Å². The zero-order valence-corrected chi connectivity index (χ0v) is 20.3. The van der Waals surface area contributed by atoms with Crippen molar-refractivity contribution in [2.75, 3.05) is 0 Å². The van der Waals surface area contributed by atoms with E-state index in [2.05, 4.69) is 0 Å². The minimum absolute atomic E-state index is 4.78. The molecule has 0 aliphatic heterocycles. The number of hydrogen-bond donors (Lipinski definition) is 2. The van der Waals surface area contributed by atoms with Crippen LogP contribution in [0.4, 0.5) is 123 Å². The average Bonchev–Trinajstić information content (AvgIpc) is 2.86. The van der Waals surface area contributed by atoms with Crippen molar-refractivity contribution in [3.63, 3.8) is 0 Å². The van der Waals surface area contributed by atoms with Crippen LogP contribution in [0.3, 0.4) is 0 Å². The molecule has 0 spiro atoms. The van der Waals surface area contributed by atoms with E-state index >= 15 is 0 Å². The van der Waals surface area contributed by atoms with Gasteiger partial charge in [-0.15, -0.1) is 0 Å². The molecule has 32 heteroatoms. The highest BCUT2D eigenvalue weighted by Crippen LogP contribution is 2.68. The molecule has 0 fully saturated rings. The summed E-state index contributed by atoms with van der Waals surface area (Å²) in [6.45, 7) is 0. The van der Waals surface area contributed by atoms with Gasteiger partial charge in [0.2, 0.25) is 0 Å². The molecule has 4 nitrogen and oxygen atoms in total. The molecular weight excluding hydrogens is 788 g/mol. The fraction of sp³-hybridized carbons (Fsp3) is 0.875. The van der Waals surface area contributed by atoms with Crippen LogP contribution in [-0.2, 0) is 9.59 Å². The maximum absolute atomic E-state index is 13.7. The Bertz CT molecular complexity index is 1170. The van der Waals surface area contributed by atoms with E-state index in [1.807, 2.05) is 0 Å². The monoisotopic (exact) mass is 790 g/mol. The number of hydrogen-bond acceptors (Lipinski definition) is 2. The van der Waals surface area contributed by atoms with Crippen LogP contribution in [0.25, 0.3) is 0 Å². The van der Waals surface area contributed by atoms with Crippen LogP contribution in [0, 0.1) is 0 Å². The van der Waals surface area contributed by atoms with E-state index in [-0.39, 0.29) is 0 Å². The van der Waals surface area contributed by atoms with Gasteiger partial charge in [-0.05, 0) is 0 Å². The molecular formula is C16H2F28O4. The summed E-state index contributed by atoms with van der Waals surface area (Å²) < 4.78 is 376. The Balaban J connectivity index is 7.65. The third-order valence-corrected chi connectivity index (χ3v) is 5.66. The number of halogens is 28. The van der Waals surface area contributed by atoms with Crippen LogP contribution < -0.4 is 0 Å². The van der Waals surface area contributed by atoms with E-state index in [0.717, 1.165) is 0 Å². The molecule has 0 radical (unpaired) electrons. The molecule has 0 aromatic rings. The van der Waals surface area contributed by atoms with Gasteiger partial charge in [0, 0.05) is 0 Å². The third kappa shape index (κ3) is 4.77. The number of aliphatic carboxylic acids is 2. The first-order chi connectivity index (χ1) is 20.1. The zero-order chi connectivity index (χ0) is 40.2. The van der Waals surface area contributed by atoms with E-state index in [1.165, 1.54) is 0 Å². The highest BCUT2D eigenvalue weighted by molar-refractivity contribution is 5.77. The second kappa shape index (κ2) is 10.7. The molecule has 0 amide bonds. The number of carbonyl (C=O) groups is 2. The van der Waals surface area contributed by atoms with Crippen LogP contribution in [-0.4, -0.2) is 105 Å². The molecule has 0 aliphatic rings. The topological polar surface area (TPSA) is 74.6 Å². The predicted octanol–water partition coefficient (Wildman–Crippen LogP) is 8.05. The summed E-state index contributed by atoms with van der Waals surface area (Å²) in [6, 6.07) is 0. The lowest BCUT2D eigenvalue weighted by Gasteiger charge is -2.46. The maximum Gasteiger partial charge on any atom is 0.410 e. The summed E-state index contributed by atoms with van der Waals surface area (Å²) >= 11 is 0. The van der Waals surface area contributed by atoms with Crippen molar-refractivity contribution >= 4 is 11.9 Å². The normalized spacial score (nSPS) is 16.7. The molecule has 286 valence electrons. The SMILES string of the molecule is O=C(O)C(F)(F)C(F)(F)C(F)(F)C(F)(F)C(F)(F)C(F)(F)C(F)(F)C(F)(F)C(F)(F)C(F)(F)C(F)(F)C(F)(F)C(F)(F)C(F)(F)C(=O)O. The Morgan fingerprint density at radius 1 is 0.229 bits per heavy atom. The third-order valence-electron chi connectivity index (χ3n) is 5.66. The molecule has 0 aromatic heterocycles. The molecule has 0 aromatic carbocycles. The van der Waals surface area contributed by atoms with Crippen molar-refractivity contribution in [2.24, 2.45) is 0 Å². The van der Waals surface area contributed by atoms with Crippen molar-refractivity contribution in [1.82, 2.24) is 0 Å². The zero-order valence-electron chi connectivity index (χ0n) is 20.3. The molecule has 0 unspecified atom stereocenters. The molecule has 48 heavy (non-hydrogen) atoms. The van der Waals surface area contributed by atoms with E-state index in [1.54, 1.807) is 0 Å². The largest absolute Gasteiger partial charge is 0.477 e. The van der Waals surface area contributed by atoms with Gasteiger partial charge in [-0.1, -0.05) is 0 Å². The second-order valence-electron chi connectivity index (χ2n) is 8.65. The molecule has 0 saturated carbocycles. The van der Waals surface area contributed by atoms with E-state index in [9.17, 15) is 133 Å². The Morgan fingerprint density at radius 2 is 0.312 bits per heavy atom. The standard InChI is InChI=1S/C16H2F28O4/c17-3(18,1(45)46)5(21,22)7(25,26)9(29,30)11(33,34)13(37,38)15(41,42)16(43,44)14(39,40)12(35,36)10(31,32)8(27,28)6(23,24)4(19,20)2(47)48/h(H,45,46)(H,47,48). The quantitative estimate of drug-likeness (QED) is 0.165. The molecule has 0 aliphatic carbocycles. The van der Waals surface area contributed by atoms with Gasteiger partial charge in [-0.25, -0.2) is 9.59 Å². The van der Waals surface area contributed by atoms with Crippen LogP contribution in [0.1, 0.15) is 0 Å². The van der Waals surface area contributed by atoms with Gasteiger partial charge >= 0.3 is 94.9 Å². The second-order valence-corrected chi connectivity index (χ2v) is 8.65. The minimum Gasteiger partial charge on any atom is -0.477 e.